The quantitative estimate of drug-likeness (QED) is 0.0877. The molecule has 0 amide bonds. The molecule has 0 spiro atoms. The van der Waals surface area contributed by atoms with Gasteiger partial charge in [0.05, 0.1) is 22.7 Å². The molecule has 5 rings (SSSR count). The van der Waals surface area contributed by atoms with E-state index in [0.717, 1.165) is 46.4 Å². The van der Waals surface area contributed by atoms with Crippen LogP contribution >= 0.6 is 11.6 Å². The van der Waals surface area contributed by atoms with Gasteiger partial charge in [0.25, 0.3) is 0 Å². The number of esters is 1. The summed E-state index contributed by atoms with van der Waals surface area (Å²) in [5.41, 5.74) is 5.00. The van der Waals surface area contributed by atoms with Gasteiger partial charge in [-0.3, -0.25) is 0 Å². The number of H-pyrrole nitrogens is 1. The number of halogens is 2. The van der Waals surface area contributed by atoms with Crippen LogP contribution in [0, 0.1) is 5.82 Å². The number of nitrogens with one attached hydrogen (secondary N) is 3. The number of ether oxygens (including phenoxy) is 1. The van der Waals surface area contributed by atoms with Crippen molar-refractivity contribution in [1.82, 2.24) is 19.9 Å². The Hall–Kier alpha value is -4.76. The highest BCUT2D eigenvalue weighted by atomic mass is 35.5. The van der Waals surface area contributed by atoms with Crippen molar-refractivity contribution in [3.63, 3.8) is 0 Å². The third-order valence-electron chi connectivity index (χ3n) is 6.18. The standard InChI is InChI=1S/C31H28ClFN6O2/c1-2-41-29(40)15-12-20-7-5-8-21(17-20)23-19-35-31(36-22-13-14-25(33)24(32)18-22)39-30(23)34-16-6-11-28-37-26-9-3-4-10-27(26)38-28/h3-5,7-10,12-15,17-19H,2,6,11,16H2,1H3,(H,37,38)(H2,34,35,36,39)/b15-12+. The smallest absolute Gasteiger partial charge is 0.330 e. The first-order valence-electron chi connectivity index (χ1n) is 13.2. The molecule has 2 heterocycles. The Bertz CT molecular complexity index is 1670. The topological polar surface area (TPSA) is 105 Å². The lowest BCUT2D eigenvalue weighted by molar-refractivity contribution is -0.137. The minimum Gasteiger partial charge on any atom is -0.463 e. The monoisotopic (exact) mass is 570 g/mol. The van der Waals surface area contributed by atoms with Crippen molar-refractivity contribution in [3.05, 3.63) is 101 Å². The molecule has 10 heteroatoms. The van der Waals surface area contributed by atoms with Crippen LogP contribution in [0.5, 0.6) is 0 Å². The highest BCUT2D eigenvalue weighted by Gasteiger charge is 2.12. The zero-order valence-corrected chi connectivity index (χ0v) is 23.1. The molecule has 41 heavy (non-hydrogen) atoms. The van der Waals surface area contributed by atoms with Crippen LogP contribution in [0.25, 0.3) is 28.2 Å². The second-order valence-electron chi connectivity index (χ2n) is 9.15. The van der Waals surface area contributed by atoms with Gasteiger partial charge < -0.3 is 20.4 Å². The number of aryl methyl sites for hydroxylation is 1. The fraction of sp³-hybridized carbons (Fsp3) is 0.161. The zero-order chi connectivity index (χ0) is 28.6. The van der Waals surface area contributed by atoms with Crippen molar-refractivity contribution in [2.45, 2.75) is 19.8 Å². The molecule has 0 atom stereocenters. The van der Waals surface area contributed by atoms with E-state index in [4.69, 9.17) is 21.3 Å². The molecule has 2 aromatic heterocycles. The van der Waals surface area contributed by atoms with Gasteiger partial charge >= 0.3 is 5.97 Å². The van der Waals surface area contributed by atoms with Gasteiger partial charge in [0.2, 0.25) is 5.95 Å². The summed E-state index contributed by atoms with van der Waals surface area (Å²) in [5, 5.41) is 6.53. The number of benzene rings is 3. The number of carbonyl (C=O) groups excluding carboxylic acids is 1. The first-order valence-corrected chi connectivity index (χ1v) is 13.6. The van der Waals surface area contributed by atoms with Crippen molar-refractivity contribution < 1.29 is 13.9 Å². The van der Waals surface area contributed by atoms with Gasteiger partial charge in [-0.15, -0.1) is 0 Å². The molecule has 0 aliphatic heterocycles. The third kappa shape index (κ3) is 7.26. The molecule has 3 N–H and O–H groups in total. The van der Waals surface area contributed by atoms with Crippen molar-refractivity contribution >= 4 is 52.1 Å². The van der Waals surface area contributed by atoms with Crippen LogP contribution in [-0.4, -0.2) is 39.1 Å². The van der Waals surface area contributed by atoms with E-state index in [9.17, 15) is 9.18 Å². The number of hydrogen-bond acceptors (Lipinski definition) is 7. The summed E-state index contributed by atoms with van der Waals surface area (Å²) in [5.74, 6) is 0.968. The predicted octanol–water partition coefficient (Wildman–Crippen LogP) is 7.18. The molecule has 5 aromatic rings. The number of fused-ring (bicyclic) bond motifs is 1. The lowest BCUT2D eigenvalue weighted by atomic mass is 10.0. The number of aromatic amines is 1. The first kappa shape index (κ1) is 27.8. The molecule has 208 valence electrons. The van der Waals surface area contributed by atoms with Crippen LogP contribution < -0.4 is 10.6 Å². The fourth-order valence-electron chi connectivity index (χ4n) is 4.24. The largest absolute Gasteiger partial charge is 0.463 e. The lowest BCUT2D eigenvalue weighted by Gasteiger charge is -2.14. The van der Waals surface area contributed by atoms with E-state index in [2.05, 4.69) is 25.6 Å². The molecule has 0 aliphatic carbocycles. The summed E-state index contributed by atoms with van der Waals surface area (Å²) in [6.45, 7) is 2.71. The molecular formula is C31H28ClFN6O2. The van der Waals surface area contributed by atoms with E-state index in [1.54, 1.807) is 25.3 Å². The van der Waals surface area contributed by atoms with Gasteiger partial charge in [0, 0.05) is 36.5 Å². The summed E-state index contributed by atoms with van der Waals surface area (Å²) in [4.78, 5) is 29.0. The van der Waals surface area contributed by atoms with Crippen LogP contribution in [0.2, 0.25) is 5.02 Å². The van der Waals surface area contributed by atoms with Crippen LogP contribution in [0.4, 0.5) is 21.8 Å². The Morgan fingerprint density at radius 3 is 2.80 bits per heavy atom. The normalized spacial score (nSPS) is 11.2. The average Bonchev–Trinajstić information content (AvgIpc) is 3.40. The van der Waals surface area contributed by atoms with Gasteiger partial charge in [0.1, 0.15) is 17.5 Å². The summed E-state index contributed by atoms with van der Waals surface area (Å²) < 4.78 is 18.6. The van der Waals surface area contributed by atoms with E-state index < -0.39 is 11.8 Å². The molecule has 0 aliphatic rings. The second-order valence-corrected chi connectivity index (χ2v) is 9.56. The van der Waals surface area contributed by atoms with E-state index in [1.165, 1.54) is 18.2 Å². The molecular weight excluding hydrogens is 543 g/mol. The predicted molar refractivity (Wildman–Crippen MR) is 161 cm³/mol. The first-order chi connectivity index (χ1) is 20.0. The van der Waals surface area contributed by atoms with Crippen LogP contribution in [0.3, 0.4) is 0 Å². The summed E-state index contributed by atoms with van der Waals surface area (Å²) in [6, 6.07) is 20.0. The summed E-state index contributed by atoms with van der Waals surface area (Å²) in [6.07, 6.45) is 6.39. The molecule has 0 saturated heterocycles. The Balaban J connectivity index is 1.36. The van der Waals surface area contributed by atoms with Crippen molar-refractivity contribution in [1.29, 1.82) is 0 Å². The Kier molecular flexibility index (Phi) is 8.85. The Labute approximate surface area is 241 Å². The van der Waals surface area contributed by atoms with E-state index >= 15 is 0 Å². The Morgan fingerprint density at radius 2 is 1.98 bits per heavy atom. The number of hydrogen-bond donors (Lipinski definition) is 3. The van der Waals surface area contributed by atoms with Gasteiger partial charge in [0.15, 0.2) is 0 Å². The molecule has 0 radical (unpaired) electrons. The maximum atomic E-state index is 13.6. The minimum atomic E-state index is -0.503. The van der Waals surface area contributed by atoms with Gasteiger partial charge in [-0.05, 0) is 66.9 Å². The van der Waals surface area contributed by atoms with Crippen molar-refractivity contribution in [3.8, 4) is 11.1 Å². The molecule has 3 aromatic carbocycles. The molecule has 0 bridgehead atoms. The van der Waals surface area contributed by atoms with E-state index in [-0.39, 0.29) is 5.02 Å². The zero-order valence-electron chi connectivity index (χ0n) is 22.3. The number of carbonyl (C=O) groups is 1. The summed E-state index contributed by atoms with van der Waals surface area (Å²) >= 11 is 5.94. The second kappa shape index (κ2) is 13.1. The number of anilines is 3. The maximum absolute atomic E-state index is 13.6. The Morgan fingerprint density at radius 1 is 1.10 bits per heavy atom. The van der Waals surface area contributed by atoms with Gasteiger partial charge in [-0.25, -0.2) is 19.2 Å². The SMILES string of the molecule is CCOC(=O)/C=C/c1cccc(-c2cnc(Nc3ccc(F)c(Cl)c3)nc2NCCCc2nc3ccccc3[nH]2)c1. The van der Waals surface area contributed by atoms with Crippen molar-refractivity contribution in [2.75, 3.05) is 23.8 Å². The van der Waals surface area contributed by atoms with E-state index in [1.807, 2.05) is 48.5 Å². The van der Waals surface area contributed by atoms with Gasteiger partial charge in [-0.2, -0.15) is 4.98 Å². The van der Waals surface area contributed by atoms with Crippen molar-refractivity contribution in [2.24, 2.45) is 0 Å². The molecule has 0 unspecified atom stereocenters. The highest BCUT2D eigenvalue weighted by molar-refractivity contribution is 6.31. The van der Waals surface area contributed by atoms with Crippen LogP contribution in [0.1, 0.15) is 24.7 Å². The van der Waals surface area contributed by atoms with Gasteiger partial charge in [-0.1, -0.05) is 41.9 Å². The van der Waals surface area contributed by atoms with Crippen LogP contribution in [0.15, 0.2) is 79.0 Å². The fourth-order valence-corrected chi connectivity index (χ4v) is 4.42. The van der Waals surface area contributed by atoms with Crippen LogP contribution in [-0.2, 0) is 16.0 Å². The number of aromatic nitrogens is 4. The number of para-hydroxylation sites is 2. The number of rotatable bonds is 11. The number of nitrogens with zero attached hydrogens (tertiary/aromatic N) is 3. The highest BCUT2D eigenvalue weighted by Crippen LogP contribution is 2.29. The lowest BCUT2D eigenvalue weighted by Crippen LogP contribution is -2.09. The maximum Gasteiger partial charge on any atom is 0.330 e. The number of imidazole rings is 1. The summed E-state index contributed by atoms with van der Waals surface area (Å²) in [7, 11) is 0. The van der Waals surface area contributed by atoms with E-state index in [0.29, 0.717) is 30.6 Å². The molecule has 8 nitrogen and oxygen atoms in total. The molecule has 0 saturated carbocycles. The minimum absolute atomic E-state index is 0.00300. The average molecular weight is 571 g/mol. The third-order valence-corrected chi connectivity index (χ3v) is 6.47. The molecule has 0 fully saturated rings.